The van der Waals surface area contributed by atoms with Crippen LogP contribution in [-0.4, -0.2) is 16.6 Å². The predicted octanol–water partition coefficient (Wildman–Crippen LogP) is 5.38. The van der Waals surface area contributed by atoms with Gasteiger partial charge in [0.05, 0.1) is 17.9 Å². The Balaban J connectivity index is 1.79. The molecule has 0 aliphatic heterocycles. The van der Waals surface area contributed by atoms with E-state index in [1.165, 1.54) is 18.5 Å². The molecule has 5 nitrogen and oxygen atoms in total. The minimum Gasteiger partial charge on any atom is -0.492 e. The van der Waals surface area contributed by atoms with Crippen LogP contribution in [0.4, 0.5) is 36.2 Å². The van der Waals surface area contributed by atoms with Crippen molar-refractivity contribution in [3.05, 3.63) is 66.5 Å². The first kappa shape index (κ1) is 18.5. The Morgan fingerprint density at radius 1 is 0.926 bits per heavy atom. The number of nitrogens with one attached hydrogen (secondary N) is 2. The molecular formula is C19H17F3N4O. The summed E-state index contributed by atoms with van der Waals surface area (Å²) in [7, 11) is 0. The largest absolute Gasteiger partial charge is 0.492 e. The van der Waals surface area contributed by atoms with Crippen molar-refractivity contribution in [2.45, 2.75) is 13.1 Å². The lowest BCUT2D eigenvalue weighted by Gasteiger charge is -2.13. The molecule has 0 radical (unpaired) electrons. The van der Waals surface area contributed by atoms with Crippen LogP contribution in [0.2, 0.25) is 0 Å². The fourth-order valence-electron chi connectivity index (χ4n) is 2.40. The van der Waals surface area contributed by atoms with Gasteiger partial charge < -0.3 is 15.4 Å². The molecule has 0 saturated heterocycles. The average Bonchev–Trinajstić information content (AvgIpc) is 2.63. The van der Waals surface area contributed by atoms with Crippen molar-refractivity contribution in [1.82, 2.24) is 9.97 Å². The Kier molecular flexibility index (Phi) is 5.44. The quantitative estimate of drug-likeness (QED) is 0.606. The van der Waals surface area contributed by atoms with E-state index in [0.29, 0.717) is 24.0 Å². The smallest absolute Gasteiger partial charge is 0.416 e. The second-order valence-corrected chi connectivity index (χ2v) is 5.55. The third kappa shape index (κ3) is 4.87. The highest BCUT2D eigenvalue weighted by atomic mass is 19.4. The van der Waals surface area contributed by atoms with Crippen LogP contribution in [0.15, 0.2) is 60.9 Å². The summed E-state index contributed by atoms with van der Waals surface area (Å²) in [6, 6.07) is 13.9. The number of rotatable bonds is 6. The Labute approximate surface area is 154 Å². The fraction of sp³-hybridized carbons (Fsp3) is 0.158. The lowest BCUT2D eigenvalue weighted by atomic mass is 10.2. The third-order valence-corrected chi connectivity index (χ3v) is 3.58. The third-order valence-electron chi connectivity index (χ3n) is 3.58. The van der Waals surface area contributed by atoms with E-state index in [2.05, 4.69) is 20.6 Å². The van der Waals surface area contributed by atoms with Crippen molar-refractivity contribution < 1.29 is 17.9 Å². The summed E-state index contributed by atoms with van der Waals surface area (Å²) < 4.78 is 44.1. The van der Waals surface area contributed by atoms with Crippen molar-refractivity contribution in [1.29, 1.82) is 0 Å². The zero-order valence-electron chi connectivity index (χ0n) is 14.4. The number of para-hydroxylation sites is 2. The van der Waals surface area contributed by atoms with E-state index in [4.69, 9.17) is 4.74 Å². The second kappa shape index (κ2) is 7.94. The predicted molar refractivity (Wildman–Crippen MR) is 97.7 cm³/mol. The molecule has 3 rings (SSSR count). The van der Waals surface area contributed by atoms with E-state index in [1.807, 2.05) is 31.2 Å². The molecule has 140 valence electrons. The lowest BCUT2D eigenvalue weighted by Crippen LogP contribution is -2.05. The maximum absolute atomic E-state index is 12.8. The number of anilines is 4. The molecular weight excluding hydrogens is 357 g/mol. The van der Waals surface area contributed by atoms with E-state index in [9.17, 15) is 13.2 Å². The number of hydrogen-bond acceptors (Lipinski definition) is 5. The molecule has 0 aliphatic carbocycles. The number of halogens is 3. The highest BCUT2D eigenvalue weighted by Gasteiger charge is 2.30. The van der Waals surface area contributed by atoms with Crippen LogP contribution in [0.3, 0.4) is 0 Å². The van der Waals surface area contributed by atoms with Crippen LogP contribution >= 0.6 is 0 Å². The van der Waals surface area contributed by atoms with Crippen LogP contribution in [-0.2, 0) is 6.18 Å². The summed E-state index contributed by atoms with van der Waals surface area (Å²) in [4.78, 5) is 8.19. The molecule has 27 heavy (non-hydrogen) atoms. The van der Waals surface area contributed by atoms with E-state index in [-0.39, 0.29) is 5.69 Å². The Morgan fingerprint density at radius 3 is 2.41 bits per heavy atom. The van der Waals surface area contributed by atoms with Gasteiger partial charge in [-0.05, 0) is 37.3 Å². The van der Waals surface area contributed by atoms with Crippen LogP contribution in [0, 0.1) is 0 Å². The molecule has 2 aromatic carbocycles. The summed E-state index contributed by atoms with van der Waals surface area (Å²) in [5.41, 5.74) is 0.276. The molecule has 0 amide bonds. The van der Waals surface area contributed by atoms with E-state index in [1.54, 1.807) is 6.07 Å². The Bertz CT molecular complexity index is 915. The molecule has 0 atom stereocenters. The molecule has 0 saturated carbocycles. The topological polar surface area (TPSA) is 59.1 Å². The number of aromatic nitrogens is 2. The minimum absolute atomic E-state index is 0.282. The van der Waals surface area contributed by atoms with Crippen LogP contribution in [0.25, 0.3) is 0 Å². The average molecular weight is 374 g/mol. The van der Waals surface area contributed by atoms with Gasteiger partial charge in [-0.2, -0.15) is 13.2 Å². The Hall–Kier alpha value is -3.29. The fourth-order valence-corrected chi connectivity index (χ4v) is 2.40. The Morgan fingerprint density at radius 2 is 1.67 bits per heavy atom. The SMILES string of the molecule is CCOc1ccccc1Nc1cc(Nc2cccc(C(F)(F)F)c2)ncn1. The molecule has 0 unspecified atom stereocenters. The van der Waals surface area contributed by atoms with Crippen molar-refractivity contribution in [3.63, 3.8) is 0 Å². The van der Waals surface area contributed by atoms with Gasteiger partial charge in [-0.25, -0.2) is 9.97 Å². The zero-order valence-corrected chi connectivity index (χ0v) is 14.4. The first-order valence-corrected chi connectivity index (χ1v) is 8.21. The summed E-state index contributed by atoms with van der Waals surface area (Å²) in [6.45, 7) is 2.41. The summed E-state index contributed by atoms with van der Waals surface area (Å²) in [5.74, 6) is 1.51. The van der Waals surface area contributed by atoms with Crippen molar-refractivity contribution >= 4 is 23.0 Å². The number of nitrogens with zero attached hydrogens (tertiary/aromatic N) is 2. The van der Waals surface area contributed by atoms with E-state index < -0.39 is 11.7 Å². The molecule has 0 fully saturated rings. The minimum atomic E-state index is -4.40. The monoisotopic (exact) mass is 374 g/mol. The number of benzene rings is 2. The van der Waals surface area contributed by atoms with Crippen LogP contribution in [0.1, 0.15) is 12.5 Å². The van der Waals surface area contributed by atoms with Gasteiger partial charge in [-0.3, -0.25) is 0 Å². The molecule has 3 aromatic rings. The molecule has 1 heterocycles. The number of alkyl halides is 3. The first-order chi connectivity index (χ1) is 13.0. The van der Waals surface area contributed by atoms with Gasteiger partial charge in [0.2, 0.25) is 0 Å². The summed E-state index contributed by atoms with van der Waals surface area (Å²) in [5, 5.41) is 5.98. The molecule has 1 aromatic heterocycles. The first-order valence-electron chi connectivity index (χ1n) is 8.21. The maximum Gasteiger partial charge on any atom is 0.416 e. The molecule has 8 heteroatoms. The van der Waals surface area contributed by atoms with E-state index >= 15 is 0 Å². The lowest BCUT2D eigenvalue weighted by molar-refractivity contribution is -0.137. The van der Waals surface area contributed by atoms with Gasteiger partial charge in [-0.15, -0.1) is 0 Å². The van der Waals surface area contributed by atoms with E-state index in [0.717, 1.165) is 17.8 Å². The van der Waals surface area contributed by atoms with Crippen LogP contribution < -0.4 is 15.4 Å². The van der Waals surface area contributed by atoms with Crippen molar-refractivity contribution in [3.8, 4) is 5.75 Å². The molecule has 2 N–H and O–H groups in total. The molecule has 0 bridgehead atoms. The normalized spacial score (nSPS) is 11.1. The zero-order chi connectivity index (χ0) is 19.3. The van der Waals surface area contributed by atoms with Gasteiger partial charge in [0.25, 0.3) is 0 Å². The molecule has 0 aliphatic rings. The summed E-state index contributed by atoms with van der Waals surface area (Å²) in [6.07, 6.45) is -3.08. The van der Waals surface area contributed by atoms with Crippen molar-refractivity contribution in [2.24, 2.45) is 0 Å². The number of ether oxygens (including phenoxy) is 1. The van der Waals surface area contributed by atoms with Crippen LogP contribution in [0.5, 0.6) is 5.75 Å². The standard InChI is InChI=1S/C19H17F3N4O/c1-2-27-16-9-4-3-8-15(16)26-18-11-17(23-12-24-18)25-14-7-5-6-13(10-14)19(20,21)22/h3-12H,2H2,1H3,(H2,23,24,25,26). The maximum atomic E-state index is 12.8. The molecule has 0 spiro atoms. The highest BCUT2D eigenvalue weighted by molar-refractivity contribution is 5.67. The summed E-state index contributed by atoms with van der Waals surface area (Å²) >= 11 is 0. The van der Waals surface area contributed by atoms with Gasteiger partial charge in [-0.1, -0.05) is 18.2 Å². The highest BCUT2D eigenvalue weighted by Crippen LogP contribution is 2.31. The van der Waals surface area contributed by atoms with Gasteiger partial charge >= 0.3 is 6.18 Å². The van der Waals surface area contributed by atoms with Gasteiger partial charge in [0.1, 0.15) is 23.7 Å². The van der Waals surface area contributed by atoms with Gasteiger partial charge in [0.15, 0.2) is 0 Å². The second-order valence-electron chi connectivity index (χ2n) is 5.55. The number of hydrogen-bond donors (Lipinski definition) is 2. The van der Waals surface area contributed by atoms with Gasteiger partial charge in [0, 0.05) is 11.8 Å². The van der Waals surface area contributed by atoms with Crippen molar-refractivity contribution in [2.75, 3.05) is 17.2 Å².